The fraction of sp³-hybridized carbons (Fsp3) is 0.250. The topological polar surface area (TPSA) is 101 Å². The maximum Gasteiger partial charge on any atom is 0.241 e. The molecule has 4 N–H and O–H groups in total. The molecule has 0 aliphatic heterocycles. The Morgan fingerprint density at radius 1 is 1.42 bits per heavy atom. The predicted octanol–water partition coefficient (Wildman–Crippen LogP) is 1.03. The number of anilines is 1. The van der Waals surface area contributed by atoms with Crippen LogP contribution in [0.1, 0.15) is 18.3 Å². The molecule has 0 radical (unpaired) electrons. The number of hydrogen-bond donors (Lipinski definition) is 3. The molecule has 0 atom stereocenters. The highest BCUT2D eigenvalue weighted by Gasteiger charge is 2.18. The van der Waals surface area contributed by atoms with Crippen molar-refractivity contribution in [2.75, 3.05) is 5.73 Å². The van der Waals surface area contributed by atoms with Crippen LogP contribution in [0.15, 0.2) is 35.5 Å². The van der Waals surface area contributed by atoms with E-state index in [1.165, 1.54) is 6.07 Å². The summed E-state index contributed by atoms with van der Waals surface area (Å²) in [7, 11) is -3.59. The minimum Gasteiger partial charge on any atom is -0.399 e. The number of nitrogens with one attached hydrogen (secondary N) is 2. The number of aryl methyl sites for hydroxylation is 1. The lowest BCUT2D eigenvalue weighted by atomic mass is 10.1. The van der Waals surface area contributed by atoms with Crippen molar-refractivity contribution in [2.45, 2.75) is 24.8 Å². The van der Waals surface area contributed by atoms with Gasteiger partial charge < -0.3 is 10.7 Å². The number of nitrogens with zero attached hydrogens (tertiary/aromatic N) is 1. The van der Waals surface area contributed by atoms with Gasteiger partial charge in [-0.3, -0.25) is 0 Å². The fourth-order valence-corrected chi connectivity index (χ4v) is 3.08. The van der Waals surface area contributed by atoms with E-state index in [2.05, 4.69) is 14.7 Å². The number of hydrogen-bond acceptors (Lipinski definition) is 4. The second kappa shape index (κ2) is 5.41. The first-order chi connectivity index (χ1) is 9.03. The molecule has 1 aromatic carbocycles. The second-order valence-electron chi connectivity index (χ2n) is 4.08. The van der Waals surface area contributed by atoms with Crippen LogP contribution in [0, 0.1) is 0 Å². The molecule has 0 amide bonds. The number of sulfonamides is 1. The lowest BCUT2D eigenvalue weighted by Gasteiger charge is -2.10. The molecule has 0 bridgehead atoms. The van der Waals surface area contributed by atoms with Crippen LogP contribution in [0.5, 0.6) is 0 Å². The Labute approximate surface area is 112 Å². The number of aromatic nitrogens is 2. The predicted molar refractivity (Wildman–Crippen MR) is 72.8 cm³/mol. The molecule has 19 heavy (non-hydrogen) atoms. The maximum atomic E-state index is 12.3. The summed E-state index contributed by atoms with van der Waals surface area (Å²) < 4.78 is 27.0. The van der Waals surface area contributed by atoms with Gasteiger partial charge in [0.2, 0.25) is 10.0 Å². The summed E-state index contributed by atoms with van der Waals surface area (Å²) >= 11 is 0. The third-order valence-corrected chi connectivity index (χ3v) is 4.23. The number of H-pyrrole nitrogens is 1. The minimum atomic E-state index is -3.59. The molecule has 0 fully saturated rings. The molecular formula is C12H16N4O2S. The highest BCUT2D eigenvalue weighted by molar-refractivity contribution is 7.89. The zero-order valence-corrected chi connectivity index (χ0v) is 11.4. The fourth-order valence-electron chi connectivity index (χ4n) is 1.75. The van der Waals surface area contributed by atoms with E-state index in [9.17, 15) is 8.42 Å². The molecule has 0 saturated carbocycles. The Morgan fingerprint density at radius 3 is 2.84 bits per heavy atom. The van der Waals surface area contributed by atoms with Gasteiger partial charge in [-0.1, -0.05) is 13.0 Å². The van der Waals surface area contributed by atoms with E-state index in [0.717, 1.165) is 5.56 Å². The van der Waals surface area contributed by atoms with Crippen molar-refractivity contribution in [3.05, 3.63) is 42.0 Å². The van der Waals surface area contributed by atoms with Crippen LogP contribution in [0.3, 0.4) is 0 Å². The molecule has 0 unspecified atom stereocenters. The quantitative estimate of drug-likeness (QED) is 0.712. The first kappa shape index (κ1) is 13.6. The zero-order valence-electron chi connectivity index (χ0n) is 10.6. The summed E-state index contributed by atoms with van der Waals surface area (Å²) in [6.07, 6.45) is 3.83. The highest BCUT2D eigenvalue weighted by Crippen LogP contribution is 2.19. The number of rotatable bonds is 5. The van der Waals surface area contributed by atoms with Gasteiger partial charge in [0, 0.05) is 18.1 Å². The molecule has 1 heterocycles. The van der Waals surface area contributed by atoms with E-state index in [1.807, 2.05) is 6.92 Å². The molecule has 0 aliphatic carbocycles. The van der Waals surface area contributed by atoms with E-state index in [-0.39, 0.29) is 11.4 Å². The average Bonchev–Trinajstić information content (AvgIpc) is 2.89. The van der Waals surface area contributed by atoms with Crippen molar-refractivity contribution in [3.63, 3.8) is 0 Å². The van der Waals surface area contributed by atoms with Crippen LogP contribution in [-0.4, -0.2) is 18.4 Å². The first-order valence-electron chi connectivity index (χ1n) is 5.89. The summed E-state index contributed by atoms with van der Waals surface area (Å²) in [5.74, 6) is 0.561. The second-order valence-corrected chi connectivity index (χ2v) is 5.82. The summed E-state index contributed by atoms with van der Waals surface area (Å²) in [6, 6.07) is 4.91. The van der Waals surface area contributed by atoms with E-state index in [4.69, 9.17) is 5.73 Å². The van der Waals surface area contributed by atoms with Gasteiger partial charge in [0.05, 0.1) is 11.4 Å². The molecule has 0 spiro atoms. The Bertz CT molecular complexity index is 650. The number of nitrogen functional groups attached to an aromatic ring is 1. The van der Waals surface area contributed by atoms with Gasteiger partial charge in [-0.25, -0.2) is 18.1 Å². The van der Waals surface area contributed by atoms with Crippen molar-refractivity contribution in [2.24, 2.45) is 0 Å². The third-order valence-electron chi connectivity index (χ3n) is 2.75. The average molecular weight is 280 g/mol. The van der Waals surface area contributed by atoms with E-state index in [0.29, 0.717) is 17.9 Å². The summed E-state index contributed by atoms with van der Waals surface area (Å²) in [4.78, 5) is 7.03. The maximum absolute atomic E-state index is 12.3. The van der Waals surface area contributed by atoms with Crippen LogP contribution in [-0.2, 0) is 23.0 Å². The van der Waals surface area contributed by atoms with Crippen LogP contribution >= 0.6 is 0 Å². The van der Waals surface area contributed by atoms with Gasteiger partial charge in [-0.05, 0) is 24.1 Å². The summed E-state index contributed by atoms with van der Waals surface area (Å²) in [5, 5.41) is 0. The van der Waals surface area contributed by atoms with Crippen molar-refractivity contribution < 1.29 is 8.42 Å². The van der Waals surface area contributed by atoms with Crippen molar-refractivity contribution in [3.8, 4) is 0 Å². The van der Waals surface area contributed by atoms with E-state index in [1.54, 1.807) is 24.5 Å². The Kier molecular flexibility index (Phi) is 3.87. The number of imidazole rings is 1. The Hall–Kier alpha value is -1.86. The van der Waals surface area contributed by atoms with Gasteiger partial charge in [0.15, 0.2) is 0 Å². The molecule has 0 aliphatic rings. The smallest absolute Gasteiger partial charge is 0.241 e. The Morgan fingerprint density at radius 2 is 2.21 bits per heavy atom. The van der Waals surface area contributed by atoms with E-state index < -0.39 is 10.0 Å². The van der Waals surface area contributed by atoms with Crippen LogP contribution in [0.2, 0.25) is 0 Å². The number of benzene rings is 1. The molecule has 102 valence electrons. The van der Waals surface area contributed by atoms with E-state index >= 15 is 0 Å². The highest BCUT2D eigenvalue weighted by atomic mass is 32.2. The zero-order chi connectivity index (χ0) is 13.9. The monoisotopic (exact) mass is 280 g/mol. The van der Waals surface area contributed by atoms with Crippen molar-refractivity contribution in [1.82, 2.24) is 14.7 Å². The van der Waals surface area contributed by atoms with Gasteiger partial charge in [-0.2, -0.15) is 0 Å². The Balaban J connectivity index is 2.26. The standard InChI is InChI=1S/C12H16N4O2S/c1-2-9-3-4-10(13)7-11(9)19(17,18)16-8-12-14-5-6-15-12/h3-7,16H,2,8,13H2,1H3,(H,14,15). The van der Waals surface area contributed by atoms with Crippen LogP contribution < -0.4 is 10.5 Å². The third kappa shape index (κ3) is 3.12. The molecule has 7 heteroatoms. The minimum absolute atomic E-state index is 0.118. The molecule has 1 aromatic heterocycles. The largest absolute Gasteiger partial charge is 0.399 e. The van der Waals surface area contributed by atoms with Crippen LogP contribution in [0.25, 0.3) is 0 Å². The van der Waals surface area contributed by atoms with Gasteiger partial charge in [-0.15, -0.1) is 0 Å². The molecule has 2 aromatic rings. The SMILES string of the molecule is CCc1ccc(N)cc1S(=O)(=O)NCc1ncc[nH]1. The summed E-state index contributed by atoms with van der Waals surface area (Å²) in [5.41, 5.74) is 6.82. The van der Waals surface area contributed by atoms with Gasteiger partial charge >= 0.3 is 0 Å². The van der Waals surface area contributed by atoms with Crippen molar-refractivity contribution in [1.29, 1.82) is 0 Å². The summed E-state index contributed by atoms with van der Waals surface area (Å²) in [6.45, 7) is 2.02. The van der Waals surface area contributed by atoms with Gasteiger partial charge in [0.25, 0.3) is 0 Å². The lowest BCUT2D eigenvalue weighted by Crippen LogP contribution is -2.25. The number of nitrogens with two attached hydrogens (primary N) is 1. The van der Waals surface area contributed by atoms with Crippen molar-refractivity contribution >= 4 is 15.7 Å². The van der Waals surface area contributed by atoms with Crippen LogP contribution in [0.4, 0.5) is 5.69 Å². The molecule has 2 rings (SSSR count). The lowest BCUT2D eigenvalue weighted by molar-refractivity contribution is 0.578. The number of aromatic amines is 1. The molecule has 6 nitrogen and oxygen atoms in total. The normalized spacial score (nSPS) is 11.6. The van der Waals surface area contributed by atoms with Gasteiger partial charge in [0.1, 0.15) is 5.82 Å². The molecule has 0 saturated heterocycles. The molecular weight excluding hydrogens is 264 g/mol. The first-order valence-corrected chi connectivity index (χ1v) is 7.37.